The van der Waals surface area contributed by atoms with E-state index in [9.17, 15) is 4.79 Å². The third-order valence-corrected chi connectivity index (χ3v) is 2.97. The van der Waals surface area contributed by atoms with E-state index in [1.165, 1.54) is 7.11 Å². The molecule has 0 aromatic heterocycles. The maximum Gasteiger partial charge on any atom is 0.253 e. The Labute approximate surface area is 108 Å². The zero-order chi connectivity index (χ0) is 13.7. The Morgan fingerprint density at radius 3 is 2.72 bits per heavy atom. The molecule has 1 aromatic rings. The van der Waals surface area contributed by atoms with Crippen molar-refractivity contribution in [2.75, 3.05) is 33.5 Å². The van der Waals surface area contributed by atoms with E-state index in [1.54, 1.807) is 18.2 Å². The Morgan fingerprint density at radius 2 is 2.17 bits per heavy atom. The molecule has 100 valence electrons. The van der Waals surface area contributed by atoms with Gasteiger partial charge in [-0.1, -0.05) is 6.07 Å². The topological polar surface area (TPSA) is 67.6 Å². The van der Waals surface area contributed by atoms with Gasteiger partial charge in [0.1, 0.15) is 5.75 Å². The standard InChI is InChI=1S/C13H21N3O2/c1-9(16(2)3)8-15-13(17)10-6-5-7-11(18-4)12(10)14/h5-7,9H,8,14H2,1-4H3,(H,15,17). The maximum absolute atomic E-state index is 12.0. The average molecular weight is 251 g/mol. The number of para-hydroxylation sites is 1. The number of nitrogens with zero attached hydrogens (tertiary/aromatic N) is 1. The van der Waals surface area contributed by atoms with Crippen LogP contribution in [0.25, 0.3) is 0 Å². The van der Waals surface area contributed by atoms with Crippen LogP contribution in [-0.4, -0.2) is 44.6 Å². The third-order valence-electron chi connectivity index (χ3n) is 2.97. The number of hydrogen-bond donors (Lipinski definition) is 2. The first-order valence-electron chi connectivity index (χ1n) is 5.84. The van der Waals surface area contributed by atoms with Crippen LogP contribution in [0, 0.1) is 0 Å². The van der Waals surface area contributed by atoms with E-state index in [0.717, 1.165) is 0 Å². The van der Waals surface area contributed by atoms with Gasteiger partial charge in [-0.05, 0) is 33.2 Å². The Kier molecular flexibility index (Phi) is 4.97. The number of hydrogen-bond acceptors (Lipinski definition) is 4. The fourth-order valence-corrected chi connectivity index (χ4v) is 1.44. The van der Waals surface area contributed by atoms with Gasteiger partial charge >= 0.3 is 0 Å². The molecule has 18 heavy (non-hydrogen) atoms. The summed E-state index contributed by atoms with van der Waals surface area (Å²) in [5, 5.41) is 2.86. The second-order valence-electron chi connectivity index (χ2n) is 4.44. The number of anilines is 1. The number of ether oxygens (including phenoxy) is 1. The third kappa shape index (κ3) is 3.37. The van der Waals surface area contributed by atoms with Crippen LogP contribution in [0.3, 0.4) is 0 Å². The van der Waals surface area contributed by atoms with Crippen molar-refractivity contribution in [1.82, 2.24) is 10.2 Å². The first-order valence-corrected chi connectivity index (χ1v) is 5.84. The van der Waals surface area contributed by atoms with Crippen LogP contribution < -0.4 is 15.8 Å². The molecule has 1 atom stereocenters. The monoisotopic (exact) mass is 251 g/mol. The minimum Gasteiger partial charge on any atom is -0.495 e. The summed E-state index contributed by atoms with van der Waals surface area (Å²) < 4.78 is 5.09. The lowest BCUT2D eigenvalue weighted by Gasteiger charge is -2.20. The number of likely N-dealkylation sites (N-methyl/N-ethyl adjacent to an activating group) is 1. The van der Waals surface area contributed by atoms with Crippen molar-refractivity contribution in [3.05, 3.63) is 23.8 Å². The molecule has 5 heteroatoms. The van der Waals surface area contributed by atoms with E-state index >= 15 is 0 Å². The summed E-state index contributed by atoms with van der Waals surface area (Å²) in [5.74, 6) is 0.336. The zero-order valence-corrected chi connectivity index (χ0v) is 11.4. The van der Waals surface area contributed by atoms with Crippen LogP contribution >= 0.6 is 0 Å². The molecule has 0 aliphatic carbocycles. The minimum absolute atomic E-state index is 0.180. The summed E-state index contributed by atoms with van der Waals surface area (Å²) in [5.41, 5.74) is 6.68. The second kappa shape index (κ2) is 6.26. The lowest BCUT2D eigenvalue weighted by atomic mass is 10.1. The maximum atomic E-state index is 12.0. The van der Waals surface area contributed by atoms with Gasteiger partial charge < -0.3 is 20.7 Å². The van der Waals surface area contributed by atoms with Gasteiger partial charge in [0.25, 0.3) is 5.91 Å². The molecule has 0 spiro atoms. The van der Waals surface area contributed by atoms with Gasteiger partial charge in [-0.15, -0.1) is 0 Å². The Morgan fingerprint density at radius 1 is 1.50 bits per heavy atom. The van der Waals surface area contributed by atoms with Crippen LogP contribution in [-0.2, 0) is 0 Å². The van der Waals surface area contributed by atoms with Gasteiger partial charge in [0.05, 0.1) is 18.4 Å². The highest BCUT2D eigenvalue weighted by Crippen LogP contribution is 2.24. The number of amides is 1. The van der Waals surface area contributed by atoms with Gasteiger partial charge in [-0.2, -0.15) is 0 Å². The summed E-state index contributed by atoms with van der Waals surface area (Å²) in [6.07, 6.45) is 0. The van der Waals surface area contributed by atoms with E-state index in [-0.39, 0.29) is 11.9 Å². The summed E-state index contributed by atoms with van der Waals surface area (Å²) in [4.78, 5) is 14.0. The largest absolute Gasteiger partial charge is 0.495 e. The molecule has 3 N–H and O–H groups in total. The Hall–Kier alpha value is -1.75. The highest BCUT2D eigenvalue weighted by Gasteiger charge is 2.14. The van der Waals surface area contributed by atoms with Gasteiger partial charge in [0, 0.05) is 12.6 Å². The smallest absolute Gasteiger partial charge is 0.253 e. The number of nitrogens with one attached hydrogen (secondary N) is 1. The summed E-state index contributed by atoms with van der Waals surface area (Å²) in [6, 6.07) is 5.43. The van der Waals surface area contributed by atoms with Gasteiger partial charge in [-0.3, -0.25) is 4.79 Å². The van der Waals surface area contributed by atoms with Crippen molar-refractivity contribution in [2.45, 2.75) is 13.0 Å². The molecule has 0 fully saturated rings. The first-order chi connectivity index (χ1) is 8.47. The molecule has 1 rings (SSSR count). The van der Waals surface area contributed by atoms with Crippen molar-refractivity contribution in [1.29, 1.82) is 0 Å². The molecule has 0 saturated carbocycles. The summed E-state index contributed by atoms with van der Waals surface area (Å²) in [6.45, 7) is 2.61. The normalized spacial score (nSPS) is 12.3. The molecule has 1 unspecified atom stereocenters. The van der Waals surface area contributed by atoms with Gasteiger partial charge in [-0.25, -0.2) is 0 Å². The van der Waals surface area contributed by atoms with Gasteiger partial charge in [0.15, 0.2) is 0 Å². The molecule has 5 nitrogen and oxygen atoms in total. The van der Waals surface area contributed by atoms with Gasteiger partial charge in [0.2, 0.25) is 0 Å². The first kappa shape index (κ1) is 14.3. The number of benzene rings is 1. The SMILES string of the molecule is COc1cccc(C(=O)NCC(C)N(C)C)c1N. The highest BCUT2D eigenvalue weighted by atomic mass is 16.5. The highest BCUT2D eigenvalue weighted by molar-refractivity contribution is 6.00. The number of carbonyl (C=O) groups is 1. The number of carbonyl (C=O) groups excluding carboxylic acids is 1. The van der Waals surface area contributed by atoms with E-state index < -0.39 is 0 Å². The zero-order valence-electron chi connectivity index (χ0n) is 11.4. The van der Waals surface area contributed by atoms with Crippen LogP contribution in [0.4, 0.5) is 5.69 Å². The van der Waals surface area contributed by atoms with E-state index in [2.05, 4.69) is 5.32 Å². The van der Waals surface area contributed by atoms with Crippen molar-refractivity contribution >= 4 is 11.6 Å². The molecule has 0 heterocycles. The molecule has 0 aliphatic heterocycles. The molecular formula is C13H21N3O2. The second-order valence-corrected chi connectivity index (χ2v) is 4.44. The Balaban J connectivity index is 2.73. The average Bonchev–Trinajstić information content (AvgIpc) is 2.35. The predicted molar refractivity (Wildman–Crippen MR) is 72.9 cm³/mol. The van der Waals surface area contributed by atoms with Crippen molar-refractivity contribution in [2.24, 2.45) is 0 Å². The molecule has 1 amide bonds. The number of rotatable bonds is 5. The van der Waals surface area contributed by atoms with Crippen molar-refractivity contribution in [3.8, 4) is 5.75 Å². The van der Waals surface area contributed by atoms with Crippen LogP contribution in [0.2, 0.25) is 0 Å². The number of nitrogen functional groups attached to an aromatic ring is 1. The fraction of sp³-hybridized carbons (Fsp3) is 0.462. The van der Waals surface area contributed by atoms with Crippen LogP contribution in [0.5, 0.6) is 5.75 Å². The lowest BCUT2D eigenvalue weighted by Crippen LogP contribution is -2.38. The molecular weight excluding hydrogens is 230 g/mol. The molecule has 1 aromatic carbocycles. The minimum atomic E-state index is -0.180. The quantitative estimate of drug-likeness (QED) is 0.765. The predicted octanol–water partition coefficient (Wildman–Crippen LogP) is 0.957. The number of methoxy groups -OCH3 is 1. The lowest BCUT2D eigenvalue weighted by molar-refractivity contribution is 0.0944. The number of nitrogens with two attached hydrogens (primary N) is 1. The van der Waals surface area contributed by atoms with Crippen molar-refractivity contribution < 1.29 is 9.53 Å². The van der Waals surface area contributed by atoms with E-state index in [0.29, 0.717) is 23.5 Å². The molecule has 0 bridgehead atoms. The molecule has 0 aliphatic rings. The summed E-state index contributed by atoms with van der Waals surface area (Å²) >= 11 is 0. The summed E-state index contributed by atoms with van der Waals surface area (Å²) in [7, 11) is 5.47. The van der Waals surface area contributed by atoms with Crippen LogP contribution in [0.1, 0.15) is 17.3 Å². The fourth-order valence-electron chi connectivity index (χ4n) is 1.44. The van der Waals surface area contributed by atoms with Crippen molar-refractivity contribution in [3.63, 3.8) is 0 Å². The van der Waals surface area contributed by atoms with E-state index in [1.807, 2.05) is 25.9 Å². The van der Waals surface area contributed by atoms with Crippen LogP contribution in [0.15, 0.2) is 18.2 Å². The van der Waals surface area contributed by atoms with E-state index in [4.69, 9.17) is 10.5 Å². The molecule has 0 radical (unpaired) electrons. The molecule has 0 saturated heterocycles. The Bertz CT molecular complexity index is 419.